The van der Waals surface area contributed by atoms with Crippen molar-refractivity contribution < 1.29 is 4.79 Å². The molecule has 3 rings (SSSR count). The quantitative estimate of drug-likeness (QED) is 0.812. The maximum atomic E-state index is 12.6. The van der Waals surface area contributed by atoms with Gasteiger partial charge in [-0.25, -0.2) is 0 Å². The summed E-state index contributed by atoms with van der Waals surface area (Å²) >= 11 is 6.15. The molecule has 1 aromatic heterocycles. The lowest BCUT2D eigenvalue weighted by Crippen LogP contribution is -2.29. The second-order valence-corrected chi connectivity index (χ2v) is 5.79. The lowest BCUT2D eigenvalue weighted by Gasteiger charge is -2.21. The van der Waals surface area contributed by atoms with E-state index < -0.39 is 5.56 Å². The Bertz CT molecular complexity index is 891. The largest absolute Gasteiger partial charge is 0.294 e. The molecule has 0 bridgehead atoms. The molecule has 110 valence electrons. The van der Waals surface area contributed by atoms with Crippen molar-refractivity contribution in [3.05, 3.63) is 62.0 Å². The molecule has 0 saturated carbocycles. The number of aryl methyl sites for hydroxylation is 1. The van der Waals surface area contributed by atoms with Crippen LogP contribution in [0.4, 0.5) is 0 Å². The lowest BCUT2D eigenvalue weighted by molar-refractivity contribution is 0.0971. The number of pyridine rings is 1. The Balaban J connectivity index is 2.37. The Morgan fingerprint density at radius 3 is 2.68 bits per heavy atom. The Hall–Kier alpha value is -2.38. The summed E-state index contributed by atoms with van der Waals surface area (Å²) in [6, 6.07) is 8.60. The molecule has 1 aliphatic rings. The molecule has 4 nitrogen and oxygen atoms in total. The van der Waals surface area contributed by atoms with E-state index in [1.807, 2.05) is 19.1 Å². The first-order chi connectivity index (χ1) is 10.5. The zero-order chi connectivity index (χ0) is 15.9. The van der Waals surface area contributed by atoms with E-state index >= 15 is 0 Å². The predicted octanol–water partition coefficient (Wildman–Crippen LogP) is 3.19. The maximum Gasteiger partial charge on any atom is 0.273 e. The number of nitriles is 1. The van der Waals surface area contributed by atoms with Gasteiger partial charge in [-0.3, -0.25) is 14.2 Å². The van der Waals surface area contributed by atoms with Crippen LogP contribution in [0.2, 0.25) is 5.02 Å². The number of fused-ring (bicyclic) bond motifs is 1. The number of aromatic nitrogens is 1. The second kappa shape index (κ2) is 5.43. The number of carbonyl (C=O) groups excluding carboxylic acids is 1. The average molecular weight is 313 g/mol. The van der Waals surface area contributed by atoms with Gasteiger partial charge in [-0.15, -0.1) is 0 Å². The number of nitrogens with zero attached hydrogens (tertiary/aromatic N) is 2. The van der Waals surface area contributed by atoms with Crippen LogP contribution in [0.15, 0.2) is 29.1 Å². The van der Waals surface area contributed by atoms with Gasteiger partial charge in [-0.1, -0.05) is 17.7 Å². The van der Waals surface area contributed by atoms with E-state index in [0.717, 1.165) is 5.56 Å². The Kier molecular flexibility index (Phi) is 3.59. The van der Waals surface area contributed by atoms with Crippen LogP contribution >= 0.6 is 11.6 Å². The third kappa shape index (κ3) is 2.24. The molecule has 0 fully saturated rings. The van der Waals surface area contributed by atoms with Crippen molar-refractivity contribution in [1.29, 1.82) is 5.26 Å². The van der Waals surface area contributed by atoms with Gasteiger partial charge in [0.05, 0.1) is 5.69 Å². The molecule has 1 aliphatic carbocycles. The SMILES string of the molecule is Cc1ccc(-n2c3c(cc(C#N)c2=O)C(=O)CCC3)cc1Cl. The van der Waals surface area contributed by atoms with Crippen LogP contribution in [0.1, 0.15) is 40.0 Å². The topological polar surface area (TPSA) is 62.9 Å². The number of halogens is 1. The summed E-state index contributed by atoms with van der Waals surface area (Å²) in [7, 11) is 0. The summed E-state index contributed by atoms with van der Waals surface area (Å²) < 4.78 is 1.45. The fourth-order valence-corrected chi connectivity index (χ4v) is 2.94. The average Bonchev–Trinajstić information content (AvgIpc) is 2.50. The van der Waals surface area contributed by atoms with Crippen LogP contribution in [0, 0.1) is 18.3 Å². The van der Waals surface area contributed by atoms with Gasteiger partial charge in [0.1, 0.15) is 11.6 Å². The third-order valence-corrected chi connectivity index (χ3v) is 4.36. The zero-order valence-electron chi connectivity index (χ0n) is 12.0. The molecule has 0 radical (unpaired) electrons. The van der Waals surface area contributed by atoms with E-state index in [1.165, 1.54) is 10.6 Å². The summed E-state index contributed by atoms with van der Waals surface area (Å²) in [6.07, 6.45) is 1.79. The number of rotatable bonds is 1. The molecule has 0 unspecified atom stereocenters. The van der Waals surface area contributed by atoms with Crippen LogP contribution in [0.3, 0.4) is 0 Å². The molecule has 1 aromatic carbocycles. The first-order valence-electron chi connectivity index (χ1n) is 7.01. The van der Waals surface area contributed by atoms with Crippen LogP contribution in [-0.2, 0) is 6.42 Å². The van der Waals surface area contributed by atoms with Crippen LogP contribution < -0.4 is 5.56 Å². The number of carbonyl (C=O) groups is 1. The molecule has 2 aromatic rings. The first kappa shape index (κ1) is 14.6. The minimum Gasteiger partial charge on any atom is -0.294 e. The highest BCUT2D eigenvalue weighted by molar-refractivity contribution is 6.31. The zero-order valence-corrected chi connectivity index (χ0v) is 12.8. The van der Waals surface area contributed by atoms with Gasteiger partial charge >= 0.3 is 0 Å². The summed E-state index contributed by atoms with van der Waals surface area (Å²) in [4.78, 5) is 24.7. The van der Waals surface area contributed by atoms with Crippen molar-refractivity contribution in [3.8, 4) is 11.8 Å². The fourth-order valence-electron chi connectivity index (χ4n) is 2.77. The summed E-state index contributed by atoms with van der Waals surface area (Å²) in [5.41, 5.74) is 2.20. The molecule has 0 N–H and O–H groups in total. The summed E-state index contributed by atoms with van der Waals surface area (Å²) in [5.74, 6) is -0.0234. The normalized spacial score (nSPS) is 13.6. The monoisotopic (exact) mass is 312 g/mol. The number of hydrogen-bond acceptors (Lipinski definition) is 3. The lowest BCUT2D eigenvalue weighted by atomic mass is 9.93. The molecule has 0 aliphatic heterocycles. The number of Topliss-reactive ketones (excluding diaryl/α,β-unsaturated/α-hetero) is 1. The van der Waals surface area contributed by atoms with E-state index in [1.54, 1.807) is 12.1 Å². The third-order valence-electron chi connectivity index (χ3n) is 3.95. The van der Waals surface area contributed by atoms with E-state index in [-0.39, 0.29) is 11.3 Å². The second-order valence-electron chi connectivity index (χ2n) is 5.38. The summed E-state index contributed by atoms with van der Waals surface area (Å²) in [5, 5.41) is 9.72. The van der Waals surface area contributed by atoms with Gasteiger partial charge in [-0.2, -0.15) is 5.26 Å². The smallest absolute Gasteiger partial charge is 0.273 e. The molecule has 5 heteroatoms. The first-order valence-corrected chi connectivity index (χ1v) is 7.39. The van der Waals surface area contributed by atoms with Crippen molar-refractivity contribution >= 4 is 17.4 Å². The van der Waals surface area contributed by atoms with Gasteiger partial charge in [0.15, 0.2) is 5.78 Å². The molecule has 0 spiro atoms. The van der Waals surface area contributed by atoms with E-state index in [4.69, 9.17) is 11.6 Å². The minimum atomic E-state index is -0.407. The molecule has 1 heterocycles. The van der Waals surface area contributed by atoms with Crippen molar-refractivity contribution in [2.24, 2.45) is 0 Å². The molecule has 0 atom stereocenters. The predicted molar refractivity (Wildman–Crippen MR) is 83.8 cm³/mol. The maximum absolute atomic E-state index is 12.6. The van der Waals surface area contributed by atoms with E-state index in [2.05, 4.69) is 0 Å². The highest BCUT2D eigenvalue weighted by Crippen LogP contribution is 2.25. The molecule has 0 saturated heterocycles. The van der Waals surface area contributed by atoms with Crippen molar-refractivity contribution in [3.63, 3.8) is 0 Å². The van der Waals surface area contributed by atoms with Crippen molar-refractivity contribution in [2.75, 3.05) is 0 Å². The van der Waals surface area contributed by atoms with Crippen LogP contribution in [-0.4, -0.2) is 10.4 Å². The van der Waals surface area contributed by atoms with Crippen LogP contribution in [0.25, 0.3) is 5.69 Å². The van der Waals surface area contributed by atoms with Gasteiger partial charge < -0.3 is 0 Å². The fraction of sp³-hybridized carbons (Fsp3) is 0.235. The molecule has 0 amide bonds. The highest BCUT2D eigenvalue weighted by Gasteiger charge is 2.24. The number of benzene rings is 1. The Labute approximate surface area is 132 Å². The molecule has 22 heavy (non-hydrogen) atoms. The van der Waals surface area contributed by atoms with Gasteiger partial charge in [0, 0.05) is 22.7 Å². The van der Waals surface area contributed by atoms with Crippen molar-refractivity contribution in [1.82, 2.24) is 4.57 Å². The Morgan fingerprint density at radius 2 is 2.00 bits per heavy atom. The summed E-state index contributed by atoms with van der Waals surface area (Å²) in [6.45, 7) is 1.87. The van der Waals surface area contributed by atoms with Gasteiger partial charge in [0.2, 0.25) is 0 Å². The standard InChI is InChI=1S/C17H13ClN2O2/c1-10-5-6-12(8-14(10)18)20-15-3-2-4-16(21)13(15)7-11(9-19)17(20)22/h5-8H,2-4H2,1H3. The van der Waals surface area contributed by atoms with E-state index in [9.17, 15) is 14.9 Å². The number of ketones is 1. The Morgan fingerprint density at radius 1 is 1.23 bits per heavy atom. The van der Waals surface area contributed by atoms with Crippen LogP contribution in [0.5, 0.6) is 0 Å². The highest BCUT2D eigenvalue weighted by atomic mass is 35.5. The minimum absolute atomic E-state index is 0.0225. The van der Waals surface area contributed by atoms with Gasteiger partial charge in [-0.05, 0) is 43.5 Å². The van der Waals surface area contributed by atoms with Gasteiger partial charge in [0.25, 0.3) is 5.56 Å². The number of hydrogen-bond donors (Lipinski definition) is 0. The van der Waals surface area contributed by atoms with Crippen molar-refractivity contribution in [2.45, 2.75) is 26.2 Å². The molecular weight excluding hydrogens is 300 g/mol. The van der Waals surface area contributed by atoms with E-state index in [0.29, 0.717) is 41.2 Å². The molecular formula is C17H13ClN2O2.